The van der Waals surface area contributed by atoms with Crippen molar-refractivity contribution in [3.8, 4) is 0 Å². The predicted octanol–water partition coefficient (Wildman–Crippen LogP) is 4.10. The number of aromatic amines is 1. The topological polar surface area (TPSA) is 44.9 Å². The van der Waals surface area contributed by atoms with Gasteiger partial charge in [-0.05, 0) is 48.6 Å². The van der Waals surface area contributed by atoms with Crippen molar-refractivity contribution in [2.45, 2.75) is 13.8 Å². The van der Waals surface area contributed by atoms with Gasteiger partial charge in [0.05, 0.1) is 10.2 Å². The third kappa shape index (κ3) is 2.27. The number of fused-ring (bicyclic) bond motifs is 1. The molecule has 0 saturated carbocycles. The summed E-state index contributed by atoms with van der Waals surface area (Å²) in [5.41, 5.74) is 4.67. The molecular weight excluding hydrogens is 256 g/mol. The Morgan fingerprint density at radius 2 is 2.05 bits per heavy atom. The van der Waals surface area contributed by atoms with E-state index in [1.54, 1.807) is 11.3 Å². The number of carbonyl (C=O) groups is 1. The second-order valence-electron chi connectivity index (χ2n) is 4.65. The van der Waals surface area contributed by atoms with E-state index in [1.165, 1.54) is 0 Å². The Balaban J connectivity index is 1.88. The molecule has 0 spiro atoms. The van der Waals surface area contributed by atoms with Gasteiger partial charge in [-0.25, -0.2) is 0 Å². The fourth-order valence-electron chi connectivity index (χ4n) is 2.03. The van der Waals surface area contributed by atoms with Gasteiger partial charge in [-0.3, -0.25) is 4.79 Å². The van der Waals surface area contributed by atoms with Crippen LogP contribution >= 0.6 is 11.3 Å². The first-order valence-corrected chi connectivity index (χ1v) is 6.96. The number of aryl methyl sites for hydroxylation is 2. The average molecular weight is 270 g/mol. The van der Waals surface area contributed by atoms with Crippen molar-refractivity contribution in [2.75, 3.05) is 5.32 Å². The van der Waals surface area contributed by atoms with Gasteiger partial charge in [0, 0.05) is 5.69 Å². The van der Waals surface area contributed by atoms with Crippen LogP contribution in [0.2, 0.25) is 0 Å². The molecule has 4 heteroatoms. The number of H-pyrrole nitrogens is 1. The molecule has 3 rings (SSSR count). The van der Waals surface area contributed by atoms with Crippen molar-refractivity contribution in [1.29, 1.82) is 0 Å². The van der Waals surface area contributed by atoms with Gasteiger partial charge >= 0.3 is 0 Å². The number of hydrogen-bond donors (Lipinski definition) is 2. The van der Waals surface area contributed by atoms with E-state index in [0.29, 0.717) is 5.69 Å². The van der Waals surface area contributed by atoms with Crippen LogP contribution in [0.5, 0.6) is 0 Å². The van der Waals surface area contributed by atoms with Crippen LogP contribution in [-0.4, -0.2) is 10.9 Å². The molecule has 0 aliphatic heterocycles. The number of nitrogens with one attached hydrogen (secondary N) is 2. The number of rotatable bonds is 2. The Labute approximate surface area is 115 Å². The third-order valence-electron chi connectivity index (χ3n) is 3.13. The summed E-state index contributed by atoms with van der Waals surface area (Å²) in [5.74, 6) is -0.0999. The summed E-state index contributed by atoms with van der Waals surface area (Å²) < 4.78 is 1.10. The Morgan fingerprint density at radius 1 is 1.21 bits per heavy atom. The maximum atomic E-state index is 12.2. The lowest BCUT2D eigenvalue weighted by molar-refractivity contribution is 0.102. The van der Waals surface area contributed by atoms with E-state index in [0.717, 1.165) is 27.0 Å². The molecule has 0 saturated heterocycles. The van der Waals surface area contributed by atoms with Crippen LogP contribution in [0.1, 0.15) is 21.6 Å². The first-order valence-electron chi connectivity index (χ1n) is 6.08. The molecule has 0 radical (unpaired) electrons. The maximum Gasteiger partial charge on any atom is 0.272 e. The Kier molecular flexibility index (Phi) is 2.87. The highest BCUT2D eigenvalue weighted by Crippen LogP contribution is 2.22. The summed E-state index contributed by atoms with van der Waals surface area (Å²) in [6.45, 7) is 4.00. The number of carbonyl (C=O) groups excluding carboxylic acids is 1. The molecule has 0 unspecified atom stereocenters. The zero-order valence-electron chi connectivity index (χ0n) is 10.8. The van der Waals surface area contributed by atoms with E-state index in [-0.39, 0.29) is 5.91 Å². The van der Waals surface area contributed by atoms with Gasteiger partial charge in [-0.2, -0.15) is 0 Å². The zero-order valence-corrected chi connectivity index (χ0v) is 11.6. The predicted molar refractivity (Wildman–Crippen MR) is 80.0 cm³/mol. The highest BCUT2D eigenvalue weighted by Gasteiger charge is 2.11. The van der Waals surface area contributed by atoms with Gasteiger partial charge < -0.3 is 10.3 Å². The molecule has 1 amide bonds. The van der Waals surface area contributed by atoms with Gasteiger partial charge in [0.25, 0.3) is 5.91 Å². The molecule has 1 aromatic carbocycles. The zero-order chi connectivity index (χ0) is 13.4. The van der Waals surface area contributed by atoms with Crippen molar-refractivity contribution in [1.82, 2.24) is 4.98 Å². The first-order chi connectivity index (χ1) is 9.13. The van der Waals surface area contributed by atoms with Crippen LogP contribution in [0, 0.1) is 13.8 Å². The van der Waals surface area contributed by atoms with Crippen LogP contribution < -0.4 is 5.32 Å². The number of benzene rings is 1. The highest BCUT2D eigenvalue weighted by atomic mass is 32.1. The minimum Gasteiger partial charge on any atom is -0.350 e. The van der Waals surface area contributed by atoms with Crippen molar-refractivity contribution >= 4 is 33.1 Å². The van der Waals surface area contributed by atoms with E-state index < -0.39 is 0 Å². The van der Waals surface area contributed by atoms with Crippen molar-refractivity contribution in [3.63, 3.8) is 0 Å². The molecule has 3 aromatic rings. The lowest BCUT2D eigenvalue weighted by atomic mass is 10.1. The largest absolute Gasteiger partial charge is 0.350 e. The smallest absolute Gasteiger partial charge is 0.272 e. The Hall–Kier alpha value is -2.07. The van der Waals surface area contributed by atoms with Gasteiger partial charge in [0.2, 0.25) is 0 Å². The van der Waals surface area contributed by atoms with Crippen molar-refractivity contribution in [3.05, 3.63) is 52.5 Å². The summed E-state index contributed by atoms with van der Waals surface area (Å²) in [6, 6.07) is 9.90. The number of anilines is 1. The van der Waals surface area contributed by atoms with Gasteiger partial charge in [-0.1, -0.05) is 12.1 Å². The van der Waals surface area contributed by atoms with E-state index in [2.05, 4.69) is 10.3 Å². The summed E-state index contributed by atoms with van der Waals surface area (Å²) in [6.07, 6.45) is 0. The average Bonchev–Trinajstić information content (AvgIpc) is 2.94. The van der Waals surface area contributed by atoms with E-state index in [1.807, 2.05) is 49.6 Å². The van der Waals surface area contributed by atoms with Gasteiger partial charge in [-0.15, -0.1) is 11.3 Å². The first kappa shape index (κ1) is 12.0. The fraction of sp³-hybridized carbons (Fsp3) is 0.133. The summed E-state index contributed by atoms with van der Waals surface area (Å²) in [7, 11) is 0. The monoisotopic (exact) mass is 270 g/mol. The normalized spacial score (nSPS) is 10.8. The Bertz CT molecular complexity index is 726. The summed E-state index contributed by atoms with van der Waals surface area (Å²) >= 11 is 1.63. The molecule has 2 aromatic heterocycles. The van der Waals surface area contributed by atoms with Crippen LogP contribution in [0.4, 0.5) is 5.69 Å². The molecule has 0 aliphatic carbocycles. The second-order valence-corrected chi connectivity index (χ2v) is 5.60. The number of hydrogen-bond acceptors (Lipinski definition) is 2. The molecule has 3 nitrogen and oxygen atoms in total. The van der Waals surface area contributed by atoms with Crippen LogP contribution in [-0.2, 0) is 0 Å². The van der Waals surface area contributed by atoms with Crippen molar-refractivity contribution in [2.24, 2.45) is 0 Å². The summed E-state index contributed by atoms with van der Waals surface area (Å²) in [4.78, 5) is 15.3. The molecule has 19 heavy (non-hydrogen) atoms. The minimum absolute atomic E-state index is 0.0999. The number of thiophene rings is 1. The van der Waals surface area contributed by atoms with E-state index in [9.17, 15) is 4.79 Å². The second kappa shape index (κ2) is 4.55. The minimum atomic E-state index is -0.0999. The molecule has 0 atom stereocenters. The molecule has 0 fully saturated rings. The van der Waals surface area contributed by atoms with E-state index in [4.69, 9.17) is 0 Å². The van der Waals surface area contributed by atoms with Gasteiger partial charge in [0.15, 0.2) is 0 Å². The molecule has 2 N–H and O–H groups in total. The van der Waals surface area contributed by atoms with Crippen molar-refractivity contribution < 1.29 is 4.79 Å². The number of amides is 1. The lowest BCUT2D eigenvalue weighted by Crippen LogP contribution is -2.13. The molecule has 0 aliphatic rings. The number of aromatic nitrogens is 1. The molecular formula is C15H14N2OS. The highest BCUT2D eigenvalue weighted by molar-refractivity contribution is 7.17. The lowest BCUT2D eigenvalue weighted by Gasteiger charge is -2.08. The van der Waals surface area contributed by atoms with Crippen LogP contribution in [0.15, 0.2) is 35.7 Å². The Morgan fingerprint density at radius 3 is 2.84 bits per heavy atom. The van der Waals surface area contributed by atoms with Crippen LogP contribution in [0.3, 0.4) is 0 Å². The summed E-state index contributed by atoms with van der Waals surface area (Å²) in [5, 5.41) is 4.96. The molecule has 2 heterocycles. The standard InChI is InChI=1S/C15H14N2OS/c1-9-3-4-10(2)12(7-9)17-15(18)13-8-14-11(16-13)5-6-19-14/h3-8,16H,1-2H3,(H,17,18). The molecule has 0 bridgehead atoms. The molecule has 96 valence electrons. The fourth-order valence-corrected chi connectivity index (χ4v) is 2.81. The van der Waals surface area contributed by atoms with Crippen LogP contribution in [0.25, 0.3) is 10.2 Å². The van der Waals surface area contributed by atoms with Gasteiger partial charge in [0.1, 0.15) is 5.69 Å². The third-order valence-corrected chi connectivity index (χ3v) is 3.99. The maximum absolute atomic E-state index is 12.2. The van der Waals surface area contributed by atoms with E-state index >= 15 is 0 Å². The quantitative estimate of drug-likeness (QED) is 0.723. The SMILES string of the molecule is Cc1ccc(C)c(NC(=O)c2cc3sccc3[nH]2)c1.